The standard InChI is InChI=1S/C16H18N2O3/c1-2-3-9-21-10-8-17-15-13-7-5-4-6-12(13)11-14(18-15)16(19)20/h2,4-7,11H,1,3,8-10H2,(H,17,18)(H,19,20). The highest BCUT2D eigenvalue weighted by Gasteiger charge is 2.10. The van der Waals surface area contributed by atoms with E-state index in [1.54, 1.807) is 12.1 Å². The van der Waals surface area contributed by atoms with Gasteiger partial charge < -0.3 is 15.2 Å². The summed E-state index contributed by atoms with van der Waals surface area (Å²) in [5.41, 5.74) is 0.0313. The van der Waals surface area contributed by atoms with E-state index in [1.165, 1.54) is 0 Å². The van der Waals surface area contributed by atoms with Crippen LogP contribution in [0.3, 0.4) is 0 Å². The fourth-order valence-electron chi connectivity index (χ4n) is 1.95. The third-order valence-corrected chi connectivity index (χ3v) is 2.96. The summed E-state index contributed by atoms with van der Waals surface area (Å²) < 4.78 is 5.41. The van der Waals surface area contributed by atoms with Crippen molar-refractivity contribution >= 4 is 22.6 Å². The molecule has 1 aromatic heterocycles. The highest BCUT2D eigenvalue weighted by Crippen LogP contribution is 2.22. The summed E-state index contributed by atoms with van der Waals surface area (Å²) in [4.78, 5) is 15.3. The van der Waals surface area contributed by atoms with Crippen LogP contribution in [0.15, 0.2) is 43.0 Å². The number of anilines is 1. The van der Waals surface area contributed by atoms with E-state index in [2.05, 4.69) is 16.9 Å². The average molecular weight is 286 g/mol. The predicted molar refractivity (Wildman–Crippen MR) is 82.8 cm³/mol. The second-order valence-corrected chi connectivity index (χ2v) is 4.50. The Kier molecular flexibility index (Phi) is 5.29. The van der Waals surface area contributed by atoms with Crippen LogP contribution in [-0.4, -0.2) is 35.8 Å². The lowest BCUT2D eigenvalue weighted by atomic mass is 10.1. The molecular weight excluding hydrogens is 268 g/mol. The van der Waals surface area contributed by atoms with Gasteiger partial charge in [0.1, 0.15) is 5.82 Å². The second-order valence-electron chi connectivity index (χ2n) is 4.50. The predicted octanol–water partition coefficient (Wildman–Crippen LogP) is 2.94. The van der Waals surface area contributed by atoms with Crippen molar-refractivity contribution in [2.45, 2.75) is 6.42 Å². The summed E-state index contributed by atoms with van der Waals surface area (Å²) in [7, 11) is 0. The summed E-state index contributed by atoms with van der Waals surface area (Å²) >= 11 is 0. The molecule has 1 heterocycles. The molecule has 0 aliphatic carbocycles. The highest BCUT2D eigenvalue weighted by atomic mass is 16.5. The van der Waals surface area contributed by atoms with Crippen molar-refractivity contribution in [3.63, 3.8) is 0 Å². The van der Waals surface area contributed by atoms with Crippen LogP contribution in [0.1, 0.15) is 16.9 Å². The fraction of sp³-hybridized carbons (Fsp3) is 0.250. The fourth-order valence-corrected chi connectivity index (χ4v) is 1.95. The Morgan fingerprint density at radius 2 is 2.19 bits per heavy atom. The van der Waals surface area contributed by atoms with Crippen molar-refractivity contribution < 1.29 is 14.6 Å². The Hall–Kier alpha value is -2.40. The maximum absolute atomic E-state index is 11.1. The van der Waals surface area contributed by atoms with Gasteiger partial charge in [-0.25, -0.2) is 9.78 Å². The number of rotatable bonds is 8. The maximum atomic E-state index is 11.1. The first-order chi connectivity index (χ1) is 10.2. The maximum Gasteiger partial charge on any atom is 0.354 e. The summed E-state index contributed by atoms with van der Waals surface area (Å²) in [5.74, 6) is -0.469. The monoisotopic (exact) mass is 286 g/mol. The van der Waals surface area contributed by atoms with Crippen LogP contribution in [0.25, 0.3) is 10.8 Å². The molecule has 0 spiro atoms. The molecule has 5 nitrogen and oxygen atoms in total. The first-order valence-corrected chi connectivity index (χ1v) is 6.78. The Morgan fingerprint density at radius 3 is 2.95 bits per heavy atom. The number of benzene rings is 1. The van der Waals surface area contributed by atoms with E-state index in [-0.39, 0.29) is 5.69 Å². The molecule has 1 aromatic carbocycles. The number of carboxylic acid groups (broad SMARTS) is 1. The van der Waals surface area contributed by atoms with E-state index in [9.17, 15) is 4.79 Å². The smallest absolute Gasteiger partial charge is 0.354 e. The topological polar surface area (TPSA) is 71.5 Å². The van der Waals surface area contributed by atoms with Crippen LogP contribution in [0.5, 0.6) is 0 Å². The van der Waals surface area contributed by atoms with Gasteiger partial charge in [0.05, 0.1) is 13.2 Å². The molecule has 0 saturated heterocycles. The lowest BCUT2D eigenvalue weighted by molar-refractivity contribution is 0.0691. The Bertz CT molecular complexity index is 640. The molecule has 21 heavy (non-hydrogen) atoms. The Morgan fingerprint density at radius 1 is 1.38 bits per heavy atom. The number of hydrogen-bond donors (Lipinski definition) is 2. The SMILES string of the molecule is C=CCCOCCNc1nc(C(=O)O)cc2ccccc12. The minimum Gasteiger partial charge on any atom is -0.477 e. The van der Waals surface area contributed by atoms with Gasteiger partial charge in [-0.2, -0.15) is 0 Å². The molecule has 110 valence electrons. The van der Waals surface area contributed by atoms with E-state index in [1.807, 2.05) is 24.3 Å². The van der Waals surface area contributed by atoms with Crippen molar-refractivity contribution in [1.82, 2.24) is 4.98 Å². The molecule has 0 fully saturated rings. The number of aromatic nitrogens is 1. The Labute approximate surface area is 123 Å². The van der Waals surface area contributed by atoms with Crippen LogP contribution in [0.4, 0.5) is 5.82 Å². The minimum absolute atomic E-state index is 0.0313. The zero-order chi connectivity index (χ0) is 15.1. The minimum atomic E-state index is -1.04. The van der Waals surface area contributed by atoms with Crippen LogP contribution in [0.2, 0.25) is 0 Å². The Balaban J connectivity index is 2.10. The summed E-state index contributed by atoms with van der Waals surface area (Å²) in [5, 5.41) is 14.0. The van der Waals surface area contributed by atoms with E-state index in [0.717, 1.165) is 17.2 Å². The molecule has 2 N–H and O–H groups in total. The lowest BCUT2D eigenvalue weighted by Gasteiger charge is -2.10. The van der Waals surface area contributed by atoms with Crippen LogP contribution < -0.4 is 5.32 Å². The van der Waals surface area contributed by atoms with Gasteiger partial charge in [0.25, 0.3) is 0 Å². The van der Waals surface area contributed by atoms with E-state index in [0.29, 0.717) is 25.6 Å². The molecule has 0 unspecified atom stereocenters. The molecule has 2 aromatic rings. The molecular formula is C16H18N2O3. The van der Waals surface area contributed by atoms with E-state index >= 15 is 0 Å². The van der Waals surface area contributed by atoms with E-state index in [4.69, 9.17) is 9.84 Å². The van der Waals surface area contributed by atoms with Gasteiger partial charge >= 0.3 is 5.97 Å². The second kappa shape index (κ2) is 7.40. The number of hydrogen-bond acceptors (Lipinski definition) is 4. The number of nitrogens with one attached hydrogen (secondary N) is 1. The van der Waals surface area contributed by atoms with Gasteiger partial charge in [-0.05, 0) is 17.9 Å². The highest BCUT2D eigenvalue weighted by molar-refractivity contribution is 5.97. The number of aromatic carboxylic acids is 1. The molecule has 2 rings (SSSR count). The lowest BCUT2D eigenvalue weighted by Crippen LogP contribution is -2.12. The van der Waals surface area contributed by atoms with Crippen molar-refractivity contribution in [2.24, 2.45) is 0 Å². The molecule has 0 saturated carbocycles. The summed E-state index contributed by atoms with van der Waals surface area (Å²) in [6, 6.07) is 9.12. The zero-order valence-corrected chi connectivity index (χ0v) is 11.7. The van der Waals surface area contributed by atoms with Gasteiger partial charge in [-0.1, -0.05) is 30.3 Å². The van der Waals surface area contributed by atoms with Gasteiger partial charge in [-0.3, -0.25) is 0 Å². The molecule has 0 bridgehead atoms. The molecule has 0 aliphatic rings. The molecule has 0 radical (unpaired) electrons. The molecule has 0 aliphatic heterocycles. The normalized spacial score (nSPS) is 10.5. The molecule has 0 atom stereocenters. The zero-order valence-electron chi connectivity index (χ0n) is 11.7. The van der Waals surface area contributed by atoms with Crippen molar-refractivity contribution in [3.05, 3.63) is 48.7 Å². The number of carbonyl (C=O) groups is 1. The summed E-state index contributed by atoms with van der Waals surface area (Å²) in [6.45, 7) is 5.35. The van der Waals surface area contributed by atoms with Gasteiger partial charge in [0, 0.05) is 11.9 Å². The first-order valence-electron chi connectivity index (χ1n) is 6.78. The van der Waals surface area contributed by atoms with Gasteiger partial charge in [-0.15, -0.1) is 6.58 Å². The third kappa shape index (κ3) is 4.03. The van der Waals surface area contributed by atoms with Crippen LogP contribution >= 0.6 is 0 Å². The largest absolute Gasteiger partial charge is 0.477 e. The van der Waals surface area contributed by atoms with Crippen molar-refractivity contribution in [3.8, 4) is 0 Å². The quantitative estimate of drug-likeness (QED) is 0.576. The van der Waals surface area contributed by atoms with Crippen molar-refractivity contribution in [1.29, 1.82) is 0 Å². The van der Waals surface area contributed by atoms with Crippen LogP contribution in [-0.2, 0) is 4.74 Å². The van der Waals surface area contributed by atoms with Gasteiger partial charge in [0.2, 0.25) is 0 Å². The summed E-state index contributed by atoms with van der Waals surface area (Å²) in [6.07, 6.45) is 2.62. The van der Waals surface area contributed by atoms with Crippen LogP contribution in [0, 0.1) is 0 Å². The first kappa shape index (κ1) is 15.0. The number of fused-ring (bicyclic) bond motifs is 1. The average Bonchev–Trinajstić information content (AvgIpc) is 2.50. The number of ether oxygens (including phenoxy) is 1. The van der Waals surface area contributed by atoms with E-state index < -0.39 is 5.97 Å². The van der Waals surface area contributed by atoms with Crippen molar-refractivity contribution in [2.75, 3.05) is 25.1 Å². The molecule has 0 amide bonds. The number of pyridine rings is 1. The van der Waals surface area contributed by atoms with Gasteiger partial charge in [0.15, 0.2) is 5.69 Å². The molecule has 5 heteroatoms. The number of carboxylic acids is 1. The third-order valence-electron chi connectivity index (χ3n) is 2.96. The number of nitrogens with zero attached hydrogens (tertiary/aromatic N) is 1.